The van der Waals surface area contributed by atoms with Crippen molar-refractivity contribution in [2.75, 3.05) is 13.2 Å². The molecule has 1 atom stereocenters. The summed E-state index contributed by atoms with van der Waals surface area (Å²) in [7, 11) is -3.42. The molecule has 0 aliphatic carbocycles. The van der Waals surface area contributed by atoms with Gasteiger partial charge in [-0.15, -0.1) is 0 Å². The van der Waals surface area contributed by atoms with Gasteiger partial charge in [0.15, 0.2) is 0 Å². The number of nitrogens with one attached hydrogen (secondary N) is 2. The molecule has 2 aliphatic heterocycles. The molecule has 0 aromatic heterocycles. The van der Waals surface area contributed by atoms with E-state index in [1.165, 1.54) is 12.0 Å². The fourth-order valence-electron chi connectivity index (χ4n) is 2.91. The lowest BCUT2D eigenvalue weighted by atomic mass is 10.1. The van der Waals surface area contributed by atoms with Gasteiger partial charge in [0.2, 0.25) is 10.0 Å². The van der Waals surface area contributed by atoms with E-state index in [-0.39, 0.29) is 6.10 Å². The van der Waals surface area contributed by atoms with Gasteiger partial charge in [-0.2, -0.15) is 0 Å². The number of fused-ring (bicyclic) bond motifs is 1. The van der Waals surface area contributed by atoms with Gasteiger partial charge in [-0.3, -0.25) is 0 Å². The molecule has 2 aliphatic rings. The molecule has 0 spiro atoms. The van der Waals surface area contributed by atoms with Gasteiger partial charge >= 0.3 is 0 Å². The zero-order chi connectivity index (χ0) is 14.7. The van der Waals surface area contributed by atoms with Crippen LogP contribution in [0.1, 0.15) is 36.8 Å². The second kappa shape index (κ2) is 6.44. The van der Waals surface area contributed by atoms with E-state index >= 15 is 0 Å². The average Bonchev–Trinajstić information content (AvgIpc) is 2.95. The summed E-state index contributed by atoms with van der Waals surface area (Å²) in [6, 6.07) is 5.36. The van der Waals surface area contributed by atoms with Crippen LogP contribution < -0.4 is 10.0 Å². The number of hydrogen-bond donors (Lipinski definition) is 2. The first-order chi connectivity index (χ1) is 10.1. The van der Waals surface area contributed by atoms with E-state index < -0.39 is 10.0 Å². The van der Waals surface area contributed by atoms with Crippen LogP contribution in [0.5, 0.6) is 0 Å². The van der Waals surface area contributed by atoms with Gasteiger partial charge in [0.05, 0.1) is 11.0 Å². The molecule has 0 amide bonds. The fraction of sp³-hybridized carbons (Fsp3) is 0.600. The summed E-state index contributed by atoms with van der Waals surface area (Å²) in [5, 5.41) is 3.22. The minimum Gasteiger partial charge on any atom is -0.378 e. The highest BCUT2D eigenvalue weighted by Crippen LogP contribution is 2.20. The third-order valence-corrected chi connectivity index (χ3v) is 5.61. The lowest BCUT2D eigenvalue weighted by Gasteiger charge is -2.22. The molecule has 1 aromatic rings. The Bertz CT molecular complexity index is 595. The summed E-state index contributed by atoms with van der Waals surface area (Å²) in [4.78, 5) is 0.356. The molecule has 1 saturated heterocycles. The van der Waals surface area contributed by atoms with Crippen molar-refractivity contribution in [1.29, 1.82) is 0 Å². The molecule has 5 nitrogen and oxygen atoms in total. The van der Waals surface area contributed by atoms with Crippen LogP contribution >= 0.6 is 0 Å². The minimum absolute atomic E-state index is 0.200. The Hall–Kier alpha value is -0.950. The van der Waals surface area contributed by atoms with Crippen LogP contribution in [0.3, 0.4) is 0 Å². The highest BCUT2D eigenvalue weighted by molar-refractivity contribution is 7.89. The van der Waals surface area contributed by atoms with Crippen molar-refractivity contribution in [2.45, 2.75) is 49.8 Å². The molecule has 0 saturated carbocycles. The van der Waals surface area contributed by atoms with Gasteiger partial charge in [-0.25, -0.2) is 13.1 Å². The standard InChI is InChI=1S/C15H22N2O3S/c18-21(19,17-7-6-14-3-1-2-8-20-14)15-5-4-12-10-16-11-13(12)9-15/h4-5,9,14,16-17H,1-3,6-8,10-11H2. The van der Waals surface area contributed by atoms with Crippen molar-refractivity contribution in [3.05, 3.63) is 29.3 Å². The fourth-order valence-corrected chi connectivity index (χ4v) is 4.01. The molecular formula is C15H22N2O3S. The maximum absolute atomic E-state index is 12.3. The molecule has 3 rings (SSSR count). The van der Waals surface area contributed by atoms with E-state index in [0.717, 1.165) is 44.5 Å². The van der Waals surface area contributed by atoms with E-state index in [4.69, 9.17) is 4.74 Å². The largest absolute Gasteiger partial charge is 0.378 e. The van der Waals surface area contributed by atoms with Crippen molar-refractivity contribution < 1.29 is 13.2 Å². The molecule has 2 heterocycles. The Balaban J connectivity index is 1.58. The first-order valence-corrected chi connectivity index (χ1v) is 9.07. The molecule has 0 radical (unpaired) electrons. The topological polar surface area (TPSA) is 67.4 Å². The van der Waals surface area contributed by atoms with Crippen LogP contribution in [-0.4, -0.2) is 27.7 Å². The lowest BCUT2D eigenvalue weighted by Crippen LogP contribution is -2.29. The molecular weight excluding hydrogens is 288 g/mol. The molecule has 1 fully saturated rings. The SMILES string of the molecule is O=S(=O)(NCCC1CCCCO1)c1ccc2c(c1)CNC2. The summed E-state index contributed by atoms with van der Waals surface area (Å²) in [6.45, 7) is 2.80. The number of benzene rings is 1. The third-order valence-electron chi connectivity index (χ3n) is 4.15. The first-order valence-electron chi connectivity index (χ1n) is 7.59. The van der Waals surface area contributed by atoms with Crippen LogP contribution in [0.25, 0.3) is 0 Å². The predicted molar refractivity (Wildman–Crippen MR) is 80.4 cm³/mol. The summed E-state index contributed by atoms with van der Waals surface area (Å²) < 4.78 is 32.9. The van der Waals surface area contributed by atoms with Crippen LogP contribution in [-0.2, 0) is 27.8 Å². The Morgan fingerprint density at radius 1 is 1.24 bits per heavy atom. The zero-order valence-electron chi connectivity index (χ0n) is 12.1. The van der Waals surface area contributed by atoms with Crippen molar-refractivity contribution in [3.8, 4) is 0 Å². The van der Waals surface area contributed by atoms with Crippen LogP contribution in [0.15, 0.2) is 23.1 Å². The Labute approximate surface area is 126 Å². The summed E-state index contributed by atoms with van der Waals surface area (Å²) in [5.74, 6) is 0. The second-order valence-corrected chi connectivity index (χ2v) is 7.48. The number of hydrogen-bond acceptors (Lipinski definition) is 4. The molecule has 1 aromatic carbocycles. The van der Waals surface area contributed by atoms with Gasteiger partial charge in [-0.1, -0.05) is 6.07 Å². The normalized spacial score (nSPS) is 22.2. The maximum Gasteiger partial charge on any atom is 0.240 e. The van der Waals surface area contributed by atoms with Crippen molar-refractivity contribution >= 4 is 10.0 Å². The smallest absolute Gasteiger partial charge is 0.240 e. The third kappa shape index (κ3) is 3.63. The van der Waals surface area contributed by atoms with Crippen LogP contribution in [0.4, 0.5) is 0 Å². The van der Waals surface area contributed by atoms with Crippen LogP contribution in [0, 0.1) is 0 Å². The van der Waals surface area contributed by atoms with Gasteiger partial charge in [0.1, 0.15) is 0 Å². The number of rotatable bonds is 5. The minimum atomic E-state index is -3.42. The monoisotopic (exact) mass is 310 g/mol. The summed E-state index contributed by atoms with van der Waals surface area (Å²) in [6.07, 6.45) is 4.27. The molecule has 1 unspecified atom stereocenters. The zero-order valence-corrected chi connectivity index (χ0v) is 12.9. The van der Waals surface area contributed by atoms with Gasteiger partial charge in [0, 0.05) is 26.2 Å². The van der Waals surface area contributed by atoms with E-state index in [1.807, 2.05) is 6.07 Å². The van der Waals surface area contributed by atoms with Crippen molar-refractivity contribution in [1.82, 2.24) is 10.0 Å². The first kappa shape index (κ1) is 15.0. The quantitative estimate of drug-likeness (QED) is 0.865. The van der Waals surface area contributed by atoms with Crippen molar-refractivity contribution in [2.24, 2.45) is 0 Å². The average molecular weight is 310 g/mol. The van der Waals surface area contributed by atoms with Gasteiger partial charge in [-0.05, 0) is 48.9 Å². The highest BCUT2D eigenvalue weighted by Gasteiger charge is 2.19. The predicted octanol–water partition coefficient (Wildman–Crippen LogP) is 1.53. The highest BCUT2D eigenvalue weighted by atomic mass is 32.2. The molecule has 6 heteroatoms. The molecule has 2 N–H and O–H groups in total. The molecule has 0 bridgehead atoms. The van der Waals surface area contributed by atoms with E-state index in [1.54, 1.807) is 12.1 Å². The van der Waals surface area contributed by atoms with Crippen molar-refractivity contribution in [3.63, 3.8) is 0 Å². The van der Waals surface area contributed by atoms with Gasteiger partial charge in [0.25, 0.3) is 0 Å². The van der Waals surface area contributed by atoms with E-state index in [0.29, 0.717) is 11.4 Å². The Morgan fingerprint density at radius 3 is 2.90 bits per heavy atom. The summed E-state index contributed by atoms with van der Waals surface area (Å²) >= 11 is 0. The summed E-state index contributed by atoms with van der Waals surface area (Å²) in [5.41, 5.74) is 2.26. The molecule has 116 valence electrons. The van der Waals surface area contributed by atoms with E-state index in [9.17, 15) is 8.42 Å². The Morgan fingerprint density at radius 2 is 2.10 bits per heavy atom. The lowest BCUT2D eigenvalue weighted by molar-refractivity contribution is 0.0123. The Kier molecular flexibility index (Phi) is 4.59. The second-order valence-electron chi connectivity index (χ2n) is 5.71. The maximum atomic E-state index is 12.3. The molecule has 21 heavy (non-hydrogen) atoms. The number of sulfonamides is 1. The van der Waals surface area contributed by atoms with Crippen LogP contribution in [0.2, 0.25) is 0 Å². The van der Waals surface area contributed by atoms with E-state index in [2.05, 4.69) is 10.0 Å². The van der Waals surface area contributed by atoms with Gasteiger partial charge < -0.3 is 10.1 Å². The number of ether oxygens (including phenoxy) is 1.